The maximum atomic E-state index is 11.4. The number of unbranched alkanes of at least 4 members (excludes halogenated alkanes) is 1. The Morgan fingerprint density at radius 2 is 2.18 bits per heavy atom. The van der Waals surface area contributed by atoms with Crippen molar-refractivity contribution in [3.05, 3.63) is 0 Å². The maximum Gasteiger partial charge on any atom is 0.407 e. The summed E-state index contributed by atoms with van der Waals surface area (Å²) >= 11 is 0. The standard InChI is InChI=1S/C12H22N2O3/c1-2-3-7-17-12(16)14-10-6-4-5-9(8-10)11(13)15/h9-10H,2-8H2,1H3,(H2,13,15)(H,14,16)/t9-,10-/m1/s1. The van der Waals surface area contributed by atoms with Crippen LogP contribution >= 0.6 is 0 Å². The van der Waals surface area contributed by atoms with Crippen LogP contribution < -0.4 is 11.1 Å². The van der Waals surface area contributed by atoms with Gasteiger partial charge < -0.3 is 15.8 Å². The summed E-state index contributed by atoms with van der Waals surface area (Å²) in [5.74, 6) is -0.374. The van der Waals surface area contributed by atoms with Crippen LogP contribution in [-0.2, 0) is 9.53 Å². The number of carbonyl (C=O) groups is 2. The molecule has 1 fully saturated rings. The zero-order valence-electron chi connectivity index (χ0n) is 10.4. The van der Waals surface area contributed by atoms with Crippen molar-refractivity contribution in [2.24, 2.45) is 11.7 Å². The van der Waals surface area contributed by atoms with Crippen LogP contribution in [0, 0.1) is 5.92 Å². The van der Waals surface area contributed by atoms with E-state index in [0.29, 0.717) is 13.0 Å². The van der Waals surface area contributed by atoms with Gasteiger partial charge >= 0.3 is 6.09 Å². The quantitative estimate of drug-likeness (QED) is 0.718. The lowest BCUT2D eigenvalue weighted by Crippen LogP contribution is -2.41. The minimum atomic E-state index is -0.381. The van der Waals surface area contributed by atoms with Crippen LogP contribution in [0.3, 0.4) is 0 Å². The SMILES string of the molecule is CCCCOC(=O)N[C@@H]1CCC[C@@H](C(N)=O)C1. The molecule has 0 aromatic rings. The average Bonchev–Trinajstić information content (AvgIpc) is 2.29. The van der Waals surface area contributed by atoms with Crippen molar-refractivity contribution in [2.75, 3.05) is 6.61 Å². The number of ether oxygens (including phenoxy) is 1. The van der Waals surface area contributed by atoms with Crippen molar-refractivity contribution in [1.29, 1.82) is 0 Å². The lowest BCUT2D eigenvalue weighted by atomic mass is 9.85. The largest absolute Gasteiger partial charge is 0.450 e. The number of hydrogen-bond donors (Lipinski definition) is 2. The van der Waals surface area contributed by atoms with E-state index in [1.54, 1.807) is 0 Å². The minimum Gasteiger partial charge on any atom is -0.450 e. The van der Waals surface area contributed by atoms with Gasteiger partial charge in [0.15, 0.2) is 0 Å². The number of rotatable bonds is 5. The number of amides is 2. The first-order valence-electron chi connectivity index (χ1n) is 6.36. The molecule has 1 aliphatic carbocycles. The Kier molecular flexibility index (Phi) is 5.80. The predicted octanol–water partition coefficient (Wildman–Crippen LogP) is 1.56. The molecule has 2 atom stereocenters. The van der Waals surface area contributed by atoms with Crippen LogP contribution in [0.15, 0.2) is 0 Å². The van der Waals surface area contributed by atoms with E-state index in [-0.39, 0.29) is 24.0 Å². The third kappa shape index (κ3) is 5.06. The summed E-state index contributed by atoms with van der Waals surface area (Å²) in [4.78, 5) is 22.5. The monoisotopic (exact) mass is 242 g/mol. The van der Waals surface area contributed by atoms with Crippen molar-refractivity contribution in [2.45, 2.75) is 51.5 Å². The van der Waals surface area contributed by atoms with E-state index in [4.69, 9.17) is 10.5 Å². The van der Waals surface area contributed by atoms with Gasteiger partial charge in [0.2, 0.25) is 5.91 Å². The fraction of sp³-hybridized carbons (Fsp3) is 0.833. The smallest absolute Gasteiger partial charge is 0.407 e. The molecule has 5 heteroatoms. The summed E-state index contributed by atoms with van der Waals surface area (Å²) in [5.41, 5.74) is 5.28. The summed E-state index contributed by atoms with van der Waals surface area (Å²) in [6.07, 6.45) is 4.78. The fourth-order valence-electron chi connectivity index (χ4n) is 2.10. The number of nitrogens with one attached hydrogen (secondary N) is 1. The second-order valence-corrected chi connectivity index (χ2v) is 4.60. The van der Waals surface area contributed by atoms with Crippen molar-refractivity contribution in [3.8, 4) is 0 Å². The van der Waals surface area contributed by atoms with Crippen LogP contribution in [0.2, 0.25) is 0 Å². The Hall–Kier alpha value is -1.26. The fourth-order valence-corrected chi connectivity index (χ4v) is 2.10. The Morgan fingerprint density at radius 3 is 2.82 bits per heavy atom. The van der Waals surface area contributed by atoms with Gasteiger partial charge in [-0.1, -0.05) is 19.8 Å². The Labute approximate surface area is 102 Å². The molecule has 0 saturated heterocycles. The molecule has 17 heavy (non-hydrogen) atoms. The van der Waals surface area contributed by atoms with Gasteiger partial charge in [-0.2, -0.15) is 0 Å². The highest BCUT2D eigenvalue weighted by atomic mass is 16.5. The van der Waals surface area contributed by atoms with E-state index in [9.17, 15) is 9.59 Å². The predicted molar refractivity (Wildman–Crippen MR) is 64.3 cm³/mol. The molecule has 0 radical (unpaired) electrons. The molecule has 0 bridgehead atoms. The topological polar surface area (TPSA) is 81.4 Å². The van der Waals surface area contributed by atoms with E-state index in [0.717, 1.165) is 32.1 Å². The van der Waals surface area contributed by atoms with Gasteiger partial charge in [0, 0.05) is 12.0 Å². The van der Waals surface area contributed by atoms with Crippen molar-refractivity contribution >= 4 is 12.0 Å². The molecule has 1 aliphatic rings. The first kappa shape index (κ1) is 13.8. The molecule has 0 aromatic heterocycles. The average molecular weight is 242 g/mol. The number of carbonyl (C=O) groups excluding carboxylic acids is 2. The van der Waals surface area contributed by atoms with Gasteiger partial charge in [-0.05, 0) is 25.7 Å². The molecule has 0 unspecified atom stereocenters. The highest BCUT2D eigenvalue weighted by molar-refractivity contribution is 5.77. The first-order valence-corrected chi connectivity index (χ1v) is 6.36. The Bertz CT molecular complexity index is 268. The Balaban J connectivity index is 2.26. The number of primary amides is 1. The lowest BCUT2D eigenvalue weighted by molar-refractivity contribution is -0.122. The summed E-state index contributed by atoms with van der Waals surface area (Å²) in [6.45, 7) is 2.49. The molecular weight excluding hydrogens is 220 g/mol. The second-order valence-electron chi connectivity index (χ2n) is 4.60. The molecule has 5 nitrogen and oxygen atoms in total. The normalized spacial score (nSPS) is 24.1. The molecule has 0 aliphatic heterocycles. The van der Waals surface area contributed by atoms with Gasteiger partial charge in [0.05, 0.1) is 6.61 Å². The van der Waals surface area contributed by atoms with Crippen molar-refractivity contribution in [3.63, 3.8) is 0 Å². The van der Waals surface area contributed by atoms with E-state index < -0.39 is 0 Å². The Morgan fingerprint density at radius 1 is 1.41 bits per heavy atom. The number of alkyl carbamates (subject to hydrolysis) is 1. The van der Waals surface area contributed by atoms with E-state index in [1.807, 2.05) is 6.92 Å². The first-order chi connectivity index (χ1) is 8.13. The zero-order valence-corrected chi connectivity index (χ0v) is 10.4. The summed E-state index contributed by atoms with van der Waals surface area (Å²) in [5, 5.41) is 2.79. The molecule has 1 saturated carbocycles. The third-order valence-electron chi connectivity index (χ3n) is 3.13. The molecule has 98 valence electrons. The van der Waals surface area contributed by atoms with Gasteiger partial charge in [-0.25, -0.2) is 4.79 Å². The van der Waals surface area contributed by atoms with E-state index >= 15 is 0 Å². The summed E-state index contributed by atoms with van der Waals surface area (Å²) in [7, 11) is 0. The molecule has 0 aromatic carbocycles. The molecular formula is C12H22N2O3. The third-order valence-corrected chi connectivity index (χ3v) is 3.13. The van der Waals surface area contributed by atoms with Gasteiger partial charge in [0.1, 0.15) is 0 Å². The van der Waals surface area contributed by atoms with E-state index in [1.165, 1.54) is 0 Å². The summed E-state index contributed by atoms with van der Waals surface area (Å²) in [6, 6.07) is 0.0235. The van der Waals surface area contributed by atoms with Crippen LogP contribution in [0.5, 0.6) is 0 Å². The number of nitrogens with two attached hydrogens (primary N) is 1. The second kappa shape index (κ2) is 7.14. The minimum absolute atomic E-state index is 0.0235. The van der Waals surface area contributed by atoms with Crippen LogP contribution in [-0.4, -0.2) is 24.6 Å². The molecule has 0 spiro atoms. The summed E-state index contributed by atoms with van der Waals surface area (Å²) < 4.78 is 5.01. The zero-order chi connectivity index (χ0) is 12.7. The van der Waals surface area contributed by atoms with Gasteiger partial charge in [-0.15, -0.1) is 0 Å². The van der Waals surface area contributed by atoms with Crippen molar-refractivity contribution in [1.82, 2.24) is 5.32 Å². The number of hydrogen-bond acceptors (Lipinski definition) is 3. The molecule has 1 rings (SSSR count). The van der Waals surface area contributed by atoms with Gasteiger partial charge in [0.25, 0.3) is 0 Å². The van der Waals surface area contributed by atoms with Crippen LogP contribution in [0.4, 0.5) is 4.79 Å². The highest BCUT2D eigenvalue weighted by Crippen LogP contribution is 2.23. The lowest BCUT2D eigenvalue weighted by Gasteiger charge is -2.27. The highest BCUT2D eigenvalue weighted by Gasteiger charge is 2.26. The van der Waals surface area contributed by atoms with Gasteiger partial charge in [-0.3, -0.25) is 4.79 Å². The van der Waals surface area contributed by atoms with Crippen molar-refractivity contribution < 1.29 is 14.3 Å². The van der Waals surface area contributed by atoms with Crippen LogP contribution in [0.1, 0.15) is 45.4 Å². The molecule has 3 N–H and O–H groups in total. The maximum absolute atomic E-state index is 11.4. The van der Waals surface area contributed by atoms with Crippen LogP contribution in [0.25, 0.3) is 0 Å². The molecule has 2 amide bonds. The van der Waals surface area contributed by atoms with E-state index in [2.05, 4.69) is 5.32 Å². The molecule has 0 heterocycles.